The van der Waals surface area contributed by atoms with Gasteiger partial charge in [-0.15, -0.1) is 0 Å². The Labute approximate surface area is 93.7 Å². The lowest BCUT2D eigenvalue weighted by Crippen LogP contribution is -2.09. The number of nitrogens with zero attached hydrogens (tertiary/aromatic N) is 1. The molecule has 0 amide bonds. The Hall–Kier alpha value is -0.810. The fourth-order valence-electron chi connectivity index (χ4n) is 1.60. The molecule has 0 aromatic carbocycles. The molecule has 2 rings (SSSR count). The van der Waals surface area contributed by atoms with Crippen LogP contribution in [0.5, 0.6) is 0 Å². The molecule has 1 fully saturated rings. The summed E-state index contributed by atoms with van der Waals surface area (Å²) < 4.78 is 4.17. The second-order valence-corrected chi connectivity index (χ2v) is 4.92. The van der Waals surface area contributed by atoms with Gasteiger partial charge < -0.3 is 16.2 Å². The summed E-state index contributed by atoms with van der Waals surface area (Å²) in [5.74, 6) is 1.31. The molecular weight excluding hydrogens is 210 g/mol. The Morgan fingerprint density at radius 3 is 3.00 bits per heavy atom. The highest BCUT2D eigenvalue weighted by Crippen LogP contribution is 2.47. The predicted octanol–water partition coefficient (Wildman–Crippen LogP) is 1.79. The average molecular weight is 227 g/mol. The minimum atomic E-state index is -0.257. The zero-order chi connectivity index (χ0) is 10.8. The van der Waals surface area contributed by atoms with Crippen LogP contribution in [0.1, 0.15) is 37.7 Å². The predicted molar refractivity (Wildman–Crippen MR) is 63.3 cm³/mol. The standard InChI is InChI=1S/C10H17N3OS/c1-6(14)4-5-12-10-8(7-2-3-7)9(11)13-15-10/h6-7,12,14H,2-5H2,1H3,(H2,11,13). The highest BCUT2D eigenvalue weighted by molar-refractivity contribution is 7.10. The smallest absolute Gasteiger partial charge is 0.142 e. The van der Waals surface area contributed by atoms with Crippen LogP contribution in [0.15, 0.2) is 0 Å². The van der Waals surface area contributed by atoms with Gasteiger partial charge in [0.25, 0.3) is 0 Å². The second-order valence-electron chi connectivity index (χ2n) is 4.15. The number of aliphatic hydroxyl groups is 1. The molecule has 1 unspecified atom stereocenters. The van der Waals surface area contributed by atoms with Gasteiger partial charge in [-0.25, -0.2) is 0 Å². The second kappa shape index (κ2) is 4.37. The maximum Gasteiger partial charge on any atom is 0.142 e. The minimum absolute atomic E-state index is 0.257. The number of rotatable bonds is 5. The monoisotopic (exact) mass is 227 g/mol. The summed E-state index contributed by atoms with van der Waals surface area (Å²) in [5.41, 5.74) is 7.02. The fraction of sp³-hybridized carbons (Fsp3) is 0.700. The number of aliphatic hydroxyl groups excluding tert-OH is 1. The van der Waals surface area contributed by atoms with E-state index in [4.69, 9.17) is 10.8 Å². The van der Waals surface area contributed by atoms with E-state index in [1.807, 2.05) is 0 Å². The third kappa shape index (κ3) is 2.60. The number of nitrogen functional groups attached to an aromatic ring is 1. The molecule has 1 aromatic heterocycles. The summed E-state index contributed by atoms with van der Waals surface area (Å²) in [5, 5.41) is 13.5. The molecular formula is C10H17N3OS. The van der Waals surface area contributed by atoms with Gasteiger partial charge in [-0.05, 0) is 43.6 Å². The molecule has 0 bridgehead atoms. The zero-order valence-corrected chi connectivity index (χ0v) is 9.68. The van der Waals surface area contributed by atoms with E-state index in [0.717, 1.165) is 18.0 Å². The van der Waals surface area contributed by atoms with E-state index >= 15 is 0 Å². The molecule has 0 radical (unpaired) electrons. The topological polar surface area (TPSA) is 71.2 Å². The number of anilines is 2. The van der Waals surface area contributed by atoms with Crippen LogP contribution in [-0.2, 0) is 0 Å². The maximum atomic E-state index is 9.15. The lowest BCUT2D eigenvalue weighted by molar-refractivity contribution is 0.189. The van der Waals surface area contributed by atoms with Crippen molar-refractivity contribution >= 4 is 22.4 Å². The summed E-state index contributed by atoms with van der Waals surface area (Å²) in [6.07, 6.45) is 2.95. The number of aromatic nitrogens is 1. The van der Waals surface area contributed by atoms with Gasteiger partial charge in [0.2, 0.25) is 0 Å². The van der Waals surface area contributed by atoms with Crippen LogP contribution in [0.2, 0.25) is 0 Å². The van der Waals surface area contributed by atoms with Gasteiger partial charge in [0, 0.05) is 12.1 Å². The first-order chi connectivity index (χ1) is 7.18. The SMILES string of the molecule is CC(O)CCNc1snc(N)c1C1CC1. The molecule has 0 saturated heterocycles. The summed E-state index contributed by atoms with van der Waals surface area (Å²) in [6, 6.07) is 0. The van der Waals surface area contributed by atoms with Crippen molar-refractivity contribution in [3.05, 3.63) is 5.56 Å². The highest BCUT2D eigenvalue weighted by atomic mass is 32.1. The van der Waals surface area contributed by atoms with Gasteiger partial charge in [-0.1, -0.05) is 0 Å². The Kier molecular flexibility index (Phi) is 3.11. The van der Waals surface area contributed by atoms with Gasteiger partial charge in [-0.3, -0.25) is 0 Å². The normalized spacial score (nSPS) is 17.7. The summed E-state index contributed by atoms with van der Waals surface area (Å²) in [6.45, 7) is 2.57. The van der Waals surface area contributed by atoms with E-state index in [1.54, 1.807) is 6.92 Å². The van der Waals surface area contributed by atoms with Crippen LogP contribution in [0.25, 0.3) is 0 Å². The number of hydrogen-bond donors (Lipinski definition) is 3. The van der Waals surface area contributed by atoms with E-state index < -0.39 is 0 Å². The Morgan fingerprint density at radius 2 is 2.40 bits per heavy atom. The van der Waals surface area contributed by atoms with Crippen molar-refractivity contribution in [2.45, 2.75) is 38.2 Å². The summed E-state index contributed by atoms with van der Waals surface area (Å²) in [4.78, 5) is 0. The lowest BCUT2D eigenvalue weighted by Gasteiger charge is -2.07. The van der Waals surface area contributed by atoms with Crippen LogP contribution >= 0.6 is 11.5 Å². The largest absolute Gasteiger partial charge is 0.393 e. The Bertz CT molecular complexity index is 333. The highest BCUT2D eigenvalue weighted by Gasteiger charge is 2.30. The molecule has 1 aromatic rings. The zero-order valence-electron chi connectivity index (χ0n) is 8.86. The number of nitrogens with one attached hydrogen (secondary N) is 1. The van der Waals surface area contributed by atoms with E-state index in [9.17, 15) is 0 Å². The quantitative estimate of drug-likeness (QED) is 0.717. The lowest BCUT2D eigenvalue weighted by atomic mass is 10.2. The van der Waals surface area contributed by atoms with Crippen LogP contribution in [-0.4, -0.2) is 22.1 Å². The van der Waals surface area contributed by atoms with E-state index in [1.165, 1.54) is 29.9 Å². The van der Waals surface area contributed by atoms with Crippen molar-refractivity contribution in [1.29, 1.82) is 0 Å². The molecule has 5 heteroatoms. The van der Waals surface area contributed by atoms with Crippen LogP contribution < -0.4 is 11.1 Å². The maximum absolute atomic E-state index is 9.15. The molecule has 1 heterocycles. The van der Waals surface area contributed by atoms with Crippen LogP contribution in [0, 0.1) is 0 Å². The van der Waals surface area contributed by atoms with Gasteiger partial charge >= 0.3 is 0 Å². The molecule has 1 aliphatic carbocycles. The fourth-order valence-corrected chi connectivity index (χ4v) is 2.42. The van der Waals surface area contributed by atoms with Crippen molar-refractivity contribution in [3.63, 3.8) is 0 Å². The molecule has 1 saturated carbocycles. The molecule has 1 atom stereocenters. The number of nitrogens with two attached hydrogens (primary N) is 1. The van der Waals surface area contributed by atoms with Gasteiger partial charge in [0.05, 0.1) is 6.10 Å². The van der Waals surface area contributed by atoms with Crippen LogP contribution in [0.3, 0.4) is 0 Å². The first kappa shape index (κ1) is 10.7. The molecule has 0 spiro atoms. The van der Waals surface area contributed by atoms with Crippen molar-refractivity contribution in [3.8, 4) is 0 Å². The average Bonchev–Trinajstić information content (AvgIpc) is 2.92. The summed E-state index contributed by atoms with van der Waals surface area (Å²) >= 11 is 1.43. The molecule has 4 nitrogen and oxygen atoms in total. The molecule has 1 aliphatic rings. The summed E-state index contributed by atoms with van der Waals surface area (Å²) in [7, 11) is 0. The molecule has 4 N–H and O–H groups in total. The van der Waals surface area contributed by atoms with Crippen LogP contribution in [0.4, 0.5) is 10.8 Å². The molecule has 0 aliphatic heterocycles. The molecule has 15 heavy (non-hydrogen) atoms. The van der Waals surface area contributed by atoms with Crippen molar-refractivity contribution in [1.82, 2.24) is 4.37 Å². The molecule has 84 valence electrons. The van der Waals surface area contributed by atoms with Crippen molar-refractivity contribution in [2.75, 3.05) is 17.6 Å². The van der Waals surface area contributed by atoms with Gasteiger partial charge in [-0.2, -0.15) is 4.37 Å². The van der Waals surface area contributed by atoms with Crippen molar-refractivity contribution < 1.29 is 5.11 Å². The van der Waals surface area contributed by atoms with E-state index in [2.05, 4.69) is 9.69 Å². The third-order valence-electron chi connectivity index (χ3n) is 2.59. The minimum Gasteiger partial charge on any atom is -0.393 e. The Morgan fingerprint density at radius 1 is 1.67 bits per heavy atom. The van der Waals surface area contributed by atoms with Crippen molar-refractivity contribution in [2.24, 2.45) is 0 Å². The first-order valence-corrected chi connectivity index (χ1v) is 6.12. The first-order valence-electron chi connectivity index (χ1n) is 5.35. The Balaban J connectivity index is 1.95. The van der Waals surface area contributed by atoms with E-state index in [0.29, 0.717) is 11.7 Å². The van der Waals surface area contributed by atoms with Gasteiger partial charge in [0.15, 0.2) is 0 Å². The third-order valence-corrected chi connectivity index (χ3v) is 3.42. The van der Waals surface area contributed by atoms with E-state index in [-0.39, 0.29) is 6.10 Å². The number of hydrogen-bond acceptors (Lipinski definition) is 5. The van der Waals surface area contributed by atoms with Gasteiger partial charge in [0.1, 0.15) is 10.8 Å².